The minimum atomic E-state index is -0.248. The third-order valence-electron chi connectivity index (χ3n) is 4.06. The number of benzene rings is 1. The van der Waals surface area contributed by atoms with Crippen LogP contribution in [-0.2, 0) is 11.2 Å². The van der Waals surface area contributed by atoms with Gasteiger partial charge in [-0.1, -0.05) is 37.1 Å². The van der Waals surface area contributed by atoms with E-state index in [0.717, 1.165) is 24.8 Å². The van der Waals surface area contributed by atoms with Crippen molar-refractivity contribution < 1.29 is 9.90 Å². The Morgan fingerprint density at radius 2 is 2.10 bits per heavy atom. The molecule has 0 spiro atoms. The van der Waals surface area contributed by atoms with Crippen molar-refractivity contribution in [3.8, 4) is 0 Å². The number of aliphatic hydroxyl groups excluding tert-OH is 1. The van der Waals surface area contributed by atoms with Crippen LogP contribution in [0, 0.1) is 11.8 Å². The normalized spacial score (nSPS) is 23.6. The molecule has 1 aromatic rings. The summed E-state index contributed by atoms with van der Waals surface area (Å²) in [6.07, 6.45) is 3.38. The molecule has 1 saturated carbocycles. The Kier molecular flexibility index (Phi) is 5.44. The highest BCUT2D eigenvalue weighted by molar-refractivity contribution is 6.30. The molecular weight excluding hydrogens is 274 g/mol. The minimum Gasteiger partial charge on any atom is -0.393 e. The van der Waals surface area contributed by atoms with Gasteiger partial charge in [-0.15, -0.1) is 0 Å². The van der Waals surface area contributed by atoms with E-state index in [9.17, 15) is 9.90 Å². The zero-order chi connectivity index (χ0) is 14.5. The smallest absolute Gasteiger partial charge is 0.223 e. The first-order valence-electron chi connectivity index (χ1n) is 7.26. The van der Waals surface area contributed by atoms with Crippen LogP contribution in [0.5, 0.6) is 0 Å². The third kappa shape index (κ3) is 4.22. The molecule has 0 heterocycles. The molecule has 2 N–H and O–H groups in total. The van der Waals surface area contributed by atoms with E-state index in [1.807, 2.05) is 31.2 Å². The monoisotopic (exact) mass is 295 g/mol. The molecule has 3 unspecified atom stereocenters. The van der Waals surface area contributed by atoms with Crippen LogP contribution in [0.1, 0.15) is 31.7 Å². The number of rotatable bonds is 5. The standard InChI is InChI=1S/C16H22ClNO2/c1-11(9-12-5-7-14(17)8-6-12)16(20)18-10-13-3-2-4-15(13)19/h5-8,11,13,15,19H,2-4,9-10H2,1H3,(H,18,20). The molecule has 20 heavy (non-hydrogen) atoms. The first kappa shape index (κ1) is 15.3. The van der Waals surface area contributed by atoms with Crippen molar-refractivity contribution in [2.24, 2.45) is 11.8 Å². The molecule has 3 nitrogen and oxygen atoms in total. The maximum absolute atomic E-state index is 12.1. The number of nitrogens with one attached hydrogen (secondary N) is 1. The van der Waals surface area contributed by atoms with Gasteiger partial charge >= 0.3 is 0 Å². The van der Waals surface area contributed by atoms with E-state index in [1.54, 1.807) is 0 Å². The summed E-state index contributed by atoms with van der Waals surface area (Å²) in [5, 5.41) is 13.4. The van der Waals surface area contributed by atoms with Crippen LogP contribution in [0.15, 0.2) is 24.3 Å². The van der Waals surface area contributed by atoms with Crippen LogP contribution in [0.4, 0.5) is 0 Å². The highest BCUT2D eigenvalue weighted by Crippen LogP contribution is 2.24. The van der Waals surface area contributed by atoms with Gasteiger partial charge in [0.15, 0.2) is 0 Å². The summed E-state index contributed by atoms with van der Waals surface area (Å²) in [5.41, 5.74) is 1.11. The van der Waals surface area contributed by atoms with Crippen molar-refractivity contribution in [3.63, 3.8) is 0 Å². The fraction of sp³-hybridized carbons (Fsp3) is 0.562. The molecule has 1 aliphatic rings. The Labute approximate surface area is 125 Å². The number of hydrogen-bond acceptors (Lipinski definition) is 2. The quantitative estimate of drug-likeness (QED) is 0.877. The molecule has 110 valence electrons. The average molecular weight is 296 g/mol. The Balaban J connectivity index is 1.78. The summed E-state index contributed by atoms with van der Waals surface area (Å²) < 4.78 is 0. The molecular formula is C16H22ClNO2. The molecule has 0 aromatic heterocycles. The van der Waals surface area contributed by atoms with Gasteiger partial charge < -0.3 is 10.4 Å². The van der Waals surface area contributed by atoms with Crippen LogP contribution in [0.3, 0.4) is 0 Å². The van der Waals surface area contributed by atoms with E-state index in [4.69, 9.17) is 11.6 Å². The van der Waals surface area contributed by atoms with Crippen molar-refractivity contribution in [3.05, 3.63) is 34.9 Å². The van der Waals surface area contributed by atoms with E-state index in [1.165, 1.54) is 0 Å². The first-order valence-corrected chi connectivity index (χ1v) is 7.64. The van der Waals surface area contributed by atoms with Gasteiger partial charge in [0.2, 0.25) is 5.91 Å². The second kappa shape index (κ2) is 7.09. The van der Waals surface area contributed by atoms with Crippen LogP contribution < -0.4 is 5.32 Å². The fourth-order valence-corrected chi connectivity index (χ4v) is 2.85. The van der Waals surface area contributed by atoms with Gasteiger partial charge in [0, 0.05) is 23.4 Å². The molecule has 0 saturated heterocycles. The lowest BCUT2D eigenvalue weighted by molar-refractivity contribution is -0.124. The first-order chi connectivity index (χ1) is 9.56. The van der Waals surface area contributed by atoms with Crippen molar-refractivity contribution >= 4 is 17.5 Å². The molecule has 3 atom stereocenters. The number of carbonyl (C=O) groups is 1. The van der Waals surface area contributed by atoms with E-state index in [2.05, 4.69) is 5.32 Å². The largest absolute Gasteiger partial charge is 0.393 e. The maximum atomic E-state index is 12.1. The predicted octanol–water partition coefficient (Wildman–Crippen LogP) is 2.80. The highest BCUT2D eigenvalue weighted by Gasteiger charge is 2.26. The molecule has 1 fully saturated rings. The topological polar surface area (TPSA) is 49.3 Å². The maximum Gasteiger partial charge on any atom is 0.223 e. The van der Waals surface area contributed by atoms with Crippen molar-refractivity contribution in [2.75, 3.05) is 6.54 Å². The predicted molar refractivity (Wildman–Crippen MR) is 80.7 cm³/mol. The second-order valence-corrected chi connectivity index (χ2v) is 6.17. The zero-order valence-electron chi connectivity index (χ0n) is 11.8. The Morgan fingerprint density at radius 1 is 1.40 bits per heavy atom. The highest BCUT2D eigenvalue weighted by atomic mass is 35.5. The summed E-state index contributed by atoms with van der Waals surface area (Å²) in [7, 11) is 0. The number of halogens is 1. The average Bonchev–Trinajstić information content (AvgIpc) is 2.84. The minimum absolute atomic E-state index is 0.0547. The fourth-order valence-electron chi connectivity index (χ4n) is 2.73. The molecule has 1 aromatic carbocycles. The summed E-state index contributed by atoms with van der Waals surface area (Å²) in [5.74, 6) is 0.204. The van der Waals surface area contributed by atoms with E-state index in [0.29, 0.717) is 18.0 Å². The molecule has 4 heteroatoms. The van der Waals surface area contributed by atoms with Gasteiger partial charge in [-0.25, -0.2) is 0 Å². The van der Waals surface area contributed by atoms with Gasteiger partial charge in [-0.2, -0.15) is 0 Å². The number of hydrogen-bond donors (Lipinski definition) is 2. The summed E-state index contributed by atoms with van der Waals surface area (Å²) in [6.45, 7) is 2.51. The second-order valence-electron chi connectivity index (χ2n) is 5.74. The van der Waals surface area contributed by atoms with E-state index >= 15 is 0 Å². The van der Waals surface area contributed by atoms with Gasteiger partial charge in [-0.05, 0) is 37.0 Å². The van der Waals surface area contributed by atoms with Gasteiger partial charge in [0.25, 0.3) is 0 Å². The Hall–Kier alpha value is -1.06. The van der Waals surface area contributed by atoms with Crippen LogP contribution >= 0.6 is 11.6 Å². The van der Waals surface area contributed by atoms with Crippen LogP contribution in [-0.4, -0.2) is 23.7 Å². The van der Waals surface area contributed by atoms with Gasteiger partial charge in [-0.3, -0.25) is 4.79 Å². The van der Waals surface area contributed by atoms with Gasteiger partial charge in [0.05, 0.1) is 6.10 Å². The van der Waals surface area contributed by atoms with Crippen molar-refractivity contribution in [1.29, 1.82) is 0 Å². The lowest BCUT2D eigenvalue weighted by Crippen LogP contribution is -2.36. The summed E-state index contributed by atoms with van der Waals surface area (Å²) >= 11 is 5.84. The van der Waals surface area contributed by atoms with Crippen molar-refractivity contribution in [1.82, 2.24) is 5.32 Å². The van der Waals surface area contributed by atoms with E-state index in [-0.39, 0.29) is 23.8 Å². The summed E-state index contributed by atoms with van der Waals surface area (Å²) in [4.78, 5) is 12.1. The number of amides is 1. The van der Waals surface area contributed by atoms with Crippen LogP contribution in [0.2, 0.25) is 5.02 Å². The van der Waals surface area contributed by atoms with E-state index < -0.39 is 0 Å². The lowest BCUT2D eigenvalue weighted by atomic mass is 9.99. The third-order valence-corrected chi connectivity index (χ3v) is 4.31. The van der Waals surface area contributed by atoms with Gasteiger partial charge in [0.1, 0.15) is 0 Å². The molecule has 1 aliphatic carbocycles. The van der Waals surface area contributed by atoms with Crippen molar-refractivity contribution in [2.45, 2.75) is 38.7 Å². The Bertz CT molecular complexity index is 446. The number of aliphatic hydroxyl groups is 1. The molecule has 0 radical (unpaired) electrons. The zero-order valence-corrected chi connectivity index (χ0v) is 12.6. The summed E-state index contributed by atoms with van der Waals surface area (Å²) in [6, 6.07) is 7.59. The molecule has 0 aliphatic heterocycles. The lowest BCUT2D eigenvalue weighted by Gasteiger charge is -2.17. The molecule has 0 bridgehead atoms. The Morgan fingerprint density at radius 3 is 2.70 bits per heavy atom. The molecule has 1 amide bonds. The van der Waals surface area contributed by atoms with Crippen LogP contribution in [0.25, 0.3) is 0 Å². The SMILES string of the molecule is CC(Cc1ccc(Cl)cc1)C(=O)NCC1CCCC1O. The molecule has 2 rings (SSSR count). The number of carbonyl (C=O) groups excluding carboxylic acids is 1.